The Morgan fingerprint density at radius 2 is 1.65 bits per heavy atom. The van der Waals surface area contributed by atoms with Crippen molar-refractivity contribution in [2.45, 2.75) is 25.0 Å². The van der Waals surface area contributed by atoms with Crippen LogP contribution in [-0.4, -0.2) is 18.1 Å². The fourth-order valence-corrected chi connectivity index (χ4v) is 5.63. The molecular weight excluding hydrogens is 384 g/mol. The topological polar surface area (TPSA) is 55.2 Å². The van der Waals surface area contributed by atoms with E-state index in [0.29, 0.717) is 11.6 Å². The predicted molar refractivity (Wildman–Crippen MR) is 120 cm³/mol. The van der Waals surface area contributed by atoms with E-state index in [-0.39, 0.29) is 5.41 Å². The summed E-state index contributed by atoms with van der Waals surface area (Å²) in [5.74, 6) is 0.406. The van der Waals surface area contributed by atoms with Gasteiger partial charge in [-0.15, -0.1) is 0 Å². The SMILES string of the molecule is [C-]#[N+]c1cccc(-c2ccc3c(c2)C2(N=C(N)N(C)O2)C2(Cc4ccccc4C2)C3)c1. The highest BCUT2D eigenvalue weighted by atomic mass is 16.7. The Morgan fingerprint density at radius 3 is 2.32 bits per heavy atom. The van der Waals surface area contributed by atoms with Gasteiger partial charge in [0.2, 0.25) is 11.7 Å². The van der Waals surface area contributed by atoms with Crippen molar-refractivity contribution in [1.82, 2.24) is 5.06 Å². The van der Waals surface area contributed by atoms with Crippen molar-refractivity contribution in [2.75, 3.05) is 7.05 Å². The highest BCUT2D eigenvalue weighted by molar-refractivity contribution is 5.79. The van der Waals surface area contributed by atoms with E-state index in [1.165, 1.54) is 16.7 Å². The molecule has 3 aromatic rings. The molecule has 31 heavy (non-hydrogen) atoms. The fourth-order valence-electron chi connectivity index (χ4n) is 5.63. The molecule has 0 fully saturated rings. The lowest BCUT2D eigenvalue weighted by Crippen LogP contribution is -2.44. The fraction of sp³-hybridized carbons (Fsp3) is 0.231. The van der Waals surface area contributed by atoms with Gasteiger partial charge in [-0.25, -0.2) is 19.7 Å². The van der Waals surface area contributed by atoms with Crippen molar-refractivity contribution >= 4 is 11.6 Å². The summed E-state index contributed by atoms with van der Waals surface area (Å²) in [6.07, 6.45) is 2.71. The normalized spacial score (nSPS) is 22.5. The Labute approximate surface area is 181 Å². The van der Waals surface area contributed by atoms with Gasteiger partial charge in [0.15, 0.2) is 5.69 Å². The second-order valence-electron chi connectivity index (χ2n) is 8.82. The minimum atomic E-state index is -0.840. The molecule has 0 aromatic heterocycles. The molecule has 0 saturated heterocycles. The number of hydrogen-bond donors (Lipinski definition) is 1. The molecule has 0 amide bonds. The number of nitrogens with two attached hydrogens (primary N) is 1. The van der Waals surface area contributed by atoms with Crippen LogP contribution in [0.3, 0.4) is 0 Å². The van der Waals surface area contributed by atoms with Crippen molar-refractivity contribution < 1.29 is 4.84 Å². The second-order valence-corrected chi connectivity index (χ2v) is 8.82. The molecule has 3 aliphatic rings. The zero-order valence-electron chi connectivity index (χ0n) is 17.3. The van der Waals surface area contributed by atoms with Gasteiger partial charge in [0.25, 0.3) is 0 Å². The first-order chi connectivity index (χ1) is 15.0. The number of rotatable bonds is 1. The summed E-state index contributed by atoms with van der Waals surface area (Å²) < 4.78 is 0. The number of guanidine groups is 1. The van der Waals surface area contributed by atoms with Crippen molar-refractivity contribution in [3.8, 4) is 11.1 Å². The summed E-state index contributed by atoms with van der Waals surface area (Å²) in [7, 11) is 1.82. The van der Waals surface area contributed by atoms with E-state index < -0.39 is 5.72 Å². The molecule has 152 valence electrons. The van der Waals surface area contributed by atoms with Crippen LogP contribution < -0.4 is 5.73 Å². The minimum Gasteiger partial charge on any atom is -0.368 e. The average molecular weight is 406 g/mol. The van der Waals surface area contributed by atoms with Crippen LogP contribution >= 0.6 is 0 Å². The van der Waals surface area contributed by atoms with Gasteiger partial charge in [0, 0.05) is 18.0 Å². The van der Waals surface area contributed by atoms with Gasteiger partial charge in [-0.2, -0.15) is 0 Å². The zero-order valence-corrected chi connectivity index (χ0v) is 17.3. The van der Waals surface area contributed by atoms with Crippen LogP contribution in [0.2, 0.25) is 0 Å². The molecule has 3 aromatic carbocycles. The Hall–Kier alpha value is -3.62. The number of fused-ring (bicyclic) bond motifs is 4. The Morgan fingerprint density at radius 1 is 0.935 bits per heavy atom. The molecule has 5 heteroatoms. The smallest absolute Gasteiger partial charge is 0.221 e. The molecule has 6 rings (SSSR count). The summed E-state index contributed by atoms with van der Waals surface area (Å²) in [4.78, 5) is 15.1. The lowest BCUT2D eigenvalue weighted by atomic mass is 9.75. The third kappa shape index (κ3) is 2.43. The lowest BCUT2D eigenvalue weighted by molar-refractivity contribution is -0.219. The third-order valence-electron chi connectivity index (χ3n) is 7.07. The molecule has 0 radical (unpaired) electrons. The molecule has 0 bridgehead atoms. The van der Waals surface area contributed by atoms with Crippen LogP contribution in [0.25, 0.3) is 16.0 Å². The van der Waals surface area contributed by atoms with E-state index in [4.69, 9.17) is 22.1 Å². The van der Waals surface area contributed by atoms with Crippen molar-refractivity contribution in [3.05, 3.63) is 100 Å². The molecular formula is C26H22N4O. The maximum Gasteiger partial charge on any atom is 0.221 e. The summed E-state index contributed by atoms with van der Waals surface area (Å²) in [6.45, 7) is 7.34. The van der Waals surface area contributed by atoms with Gasteiger partial charge in [0.05, 0.1) is 6.57 Å². The summed E-state index contributed by atoms with van der Waals surface area (Å²) in [6, 6.07) is 22.9. The third-order valence-corrected chi connectivity index (χ3v) is 7.07. The first-order valence-electron chi connectivity index (χ1n) is 10.5. The van der Waals surface area contributed by atoms with Gasteiger partial charge >= 0.3 is 0 Å². The first-order valence-corrected chi connectivity index (χ1v) is 10.5. The van der Waals surface area contributed by atoms with Crippen LogP contribution in [0, 0.1) is 12.0 Å². The molecule has 1 aliphatic heterocycles. The number of nitrogens with zero attached hydrogens (tertiary/aromatic N) is 3. The molecule has 0 saturated carbocycles. The van der Waals surface area contributed by atoms with Gasteiger partial charge in [-0.05, 0) is 59.2 Å². The lowest BCUT2D eigenvalue weighted by Gasteiger charge is -2.38. The molecule has 2 N–H and O–H groups in total. The molecule has 5 nitrogen and oxygen atoms in total. The molecule has 1 heterocycles. The predicted octanol–water partition coefficient (Wildman–Crippen LogP) is 4.59. The van der Waals surface area contributed by atoms with E-state index in [9.17, 15) is 0 Å². The van der Waals surface area contributed by atoms with Crippen molar-refractivity contribution in [2.24, 2.45) is 16.1 Å². The Bertz CT molecular complexity index is 1280. The average Bonchev–Trinajstić information content (AvgIpc) is 3.40. The minimum absolute atomic E-state index is 0.203. The van der Waals surface area contributed by atoms with Crippen LogP contribution in [0.1, 0.15) is 22.3 Å². The number of aliphatic imine (C=N–C) groups is 1. The summed E-state index contributed by atoms with van der Waals surface area (Å²) in [5.41, 5.74) is 13.0. The van der Waals surface area contributed by atoms with E-state index in [1.54, 1.807) is 5.06 Å². The number of benzene rings is 3. The van der Waals surface area contributed by atoms with Crippen LogP contribution in [0.4, 0.5) is 5.69 Å². The highest BCUT2D eigenvalue weighted by Crippen LogP contribution is 2.61. The van der Waals surface area contributed by atoms with Gasteiger partial charge in [-0.1, -0.05) is 54.6 Å². The van der Waals surface area contributed by atoms with Crippen molar-refractivity contribution in [3.63, 3.8) is 0 Å². The Kier molecular flexibility index (Phi) is 3.63. The Balaban J connectivity index is 1.53. The quantitative estimate of drug-likeness (QED) is 0.602. The first kappa shape index (κ1) is 18.2. The van der Waals surface area contributed by atoms with Crippen LogP contribution in [0.5, 0.6) is 0 Å². The van der Waals surface area contributed by atoms with E-state index in [2.05, 4.69) is 47.3 Å². The number of hydrogen-bond acceptors (Lipinski definition) is 4. The zero-order chi connectivity index (χ0) is 21.2. The van der Waals surface area contributed by atoms with E-state index in [0.717, 1.165) is 36.0 Å². The second kappa shape index (κ2) is 6.19. The van der Waals surface area contributed by atoms with Crippen molar-refractivity contribution in [1.29, 1.82) is 0 Å². The van der Waals surface area contributed by atoms with Crippen LogP contribution in [0.15, 0.2) is 71.7 Å². The number of hydroxylamine groups is 2. The van der Waals surface area contributed by atoms with Gasteiger partial charge in [-0.3, -0.25) is 0 Å². The molecule has 1 atom stereocenters. The summed E-state index contributed by atoms with van der Waals surface area (Å²) >= 11 is 0. The molecule has 2 spiro atoms. The monoisotopic (exact) mass is 406 g/mol. The van der Waals surface area contributed by atoms with E-state index in [1.807, 2.05) is 31.3 Å². The van der Waals surface area contributed by atoms with E-state index >= 15 is 0 Å². The van der Waals surface area contributed by atoms with Gasteiger partial charge < -0.3 is 5.73 Å². The largest absolute Gasteiger partial charge is 0.368 e. The molecule has 2 aliphatic carbocycles. The standard InChI is InChI=1S/C26H22N4O/c1-28-22-9-5-8-17(12-22)18-10-11-21-16-25(14-19-6-3-4-7-20(19)15-25)26(23(21)13-18)29-24(27)30(2)31-26/h3-13H,14-16H2,2H3,(H2,27,29). The maximum atomic E-state index is 7.34. The molecule has 1 unspecified atom stereocenters. The van der Waals surface area contributed by atoms with Gasteiger partial charge in [0.1, 0.15) is 0 Å². The van der Waals surface area contributed by atoms with Crippen LogP contribution in [-0.2, 0) is 29.8 Å². The maximum absolute atomic E-state index is 7.34. The highest BCUT2D eigenvalue weighted by Gasteiger charge is 2.64. The summed E-state index contributed by atoms with van der Waals surface area (Å²) in [5, 5.41) is 1.60.